The van der Waals surface area contributed by atoms with Gasteiger partial charge in [-0.15, -0.1) is 0 Å². The zero-order valence-corrected chi connectivity index (χ0v) is 14.3. The highest BCUT2D eigenvalue weighted by atomic mass is 16.7. The summed E-state index contributed by atoms with van der Waals surface area (Å²) in [4.78, 5) is 11.9. The number of fused-ring (bicyclic) bond motifs is 1. The molecule has 1 atom stereocenters. The fourth-order valence-corrected chi connectivity index (χ4v) is 3.43. The number of rotatable bonds is 6. The highest BCUT2D eigenvalue weighted by Gasteiger charge is 2.17. The van der Waals surface area contributed by atoms with Crippen LogP contribution in [-0.4, -0.2) is 18.9 Å². The third-order valence-corrected chi connectivity index (χ3v) is 4.71. The molecule has 1 aliphatic carbocycles. The fraction of sp³-hybridized carbons (Fsp3) is 0.579. The van der Waals surface area contributed by atoms with E-state index >= 15 is 0 Å². The number of nitrogens with zero attached hydrogens (tertiary/aromatic N) is 1. The Morgan fingerprint density at radius 3 is 2.92 bits per heavy atom. The quantitative estimate of drug-likeness (QED) is 0.639. The molecule has 0 unspecified atom stereocenters. The maximum absolute atomic E-state index is 11.9. The smallest absolute Gasteiger partial charge is 0.240 e. The lowest BCUT2D eigenvalue weighted by atomic mass is 9.87. The van der Waals surface area contributed by atoms with Crippen LogP contribution in [0.25, 0.3) is 0 Å². The van der Waals surface area contributed by atoms with E-state index in [1.54, 1.807) is 0 Å². The van der Waals surface area contributed by atoms with Crippen LogP contribution in [0.4, 0.5) is 0 Å². The maximum atomic E-state index is 11.9. The van der Waals surface area contributed by atoms with Gasteiger partial charge in [-0.05, 0) is 48.8 Å². The molecule has 1 amide bonds. The van der Waals surface area contributed by atoms with Crippen molar-refractivity contribution in [3.63, 3.8) is 0 Å². The summed E-state index contributed by atoms with van der Waals surface area (Å²) in [6.45, 7) is 2.38. The molecule has 1 saturated carbocycles. The lowest BCUT2D eigenvalue weighted by Crippen LogP contribution is -2.22. The van der Waals surface area contributed by atoms with Gasteiger partial charge >= 0.3 is 0 Å². The van der Waals surface area contributed by atoms with Gasteiger partial charge in [0.25, 0.3) is 0 Å². The number of hydrazone groups is 1. The topological polar surface area (TPSA) is 59.9 Å². The van der Waals surface area contributed by atoms with Crippen molar-refractivity contribution in [2.75, 3.05) is 6.79 Å². The predicted octanol–water partition coefficient (Wildman–Crippen LogP) is 3.67. The molecule has 2 aliphatic rings. The van der Waals surface area contributed by atoms with E-state index in [-0.39, 0.29) is 11.8 Å². The van der Waals surface area contributed by atoms with Gasteiger partial charge in [0.2, 0.25) is 12.7 Å². The highest BCUT2D eigenvalue weighted by molar-refractivity contribution is 5.77. The molecule has 0 spiro atoms. The molecule has 1 N–H and O–H groups in total. The number of carbonyl (C=O) groups excluding carboxylic acids is 1. The first-order valence-electron chi connectivity index (χ1n) is 8.91. The molecule has 0 radical (unpaired) electrons. The fourth-order valence-electron chi connectivity index (χ4n) is 3.43. The first-order valence-corrected chi connectivity index (χ1v) is 8.91. The number of hydrogen-bond acceptors (Lipinski definition) is 4. The van der Waals surface area contributed by atoms with Crippen LogP contribution in [0.5, 0.6) is 11.5 Å². The minimum absolute atomic E-state index is 0.0356. The zero-order chi connectivity index (χ0) is 16.8. The van der Waals surface area contributed by atoms with Crippen LogP contribution in [-0.2, 0) is 11.2 Å². The Balaban J connectivity index is 1.41. The van der Waals surface area contributed by atoms with Gasteiger partial charge in [0.15, 0.2) is 11.5 Å². The molecule has 24 heavy (non-hydrogen) atoms. The van der Waals surface area contributed by atoms with Crippen molar-refractivity contribution in [1.82, 2.24) is 5.43 Å². The molecule has 1 fully saturated rings. The van der Waals surface area contributed by atoms with Gasteiger partial charge in [-0.1, -0.05) is 32.3 Å². The number of carbonyl (C=O) groups is 1. The van der Waals surface area contributed by atoms with Crippen molar-refractivity contribution in [2.45, 2.75) is 51.9 Å². The Kier molecular flexibility index (Phi) is 5.72. The summed E-state index contributed by atoms with van der Waals surface area (Å²) < 4.78 is 10.7. The van der Waals surface area contributed by atoms with Gasteiger partial charge < -0.3 is 9.47 Å². The molecule has 1 aromatic carbocycles. The predicted molar refractivity (Wildman–Crippen MR) is 93.3 cm³/mol. The molecular weight excluding hydrogens is 304 g/mol. The molecule has 130 valence electrons. The molecule has 3 rings (SSSR count). The molecule has 5 nitrogen and oxygen atoms in total. The summed E-state index contributed by atoms with van der Waals surface area (Å²) in [7, 11) is 0. The maximum Gasteiger partial charge on any atom is 0.240 e. The summed E-state index contributed by atoms with van der Waals surface area (Å²) in [5.74, 6) is 2.42. The van der Waals surface area contributed by atoms with Crippen molar-refractivity contribution in [3.8, 4) is 11.5 Å². The molecule has 5 heteroatoms. The summed E-state index contributed by atoms with van der Waals surface area (Å²) in [5.41, 5.74) is 3.85. The van der Waals surface area contributed by atoms with E-state index in [1.165, 1.54) is 37.7 Å². The van der Waals surface area contributed by atoms with E-state index in [1.807, 2.05) is 24.4 Å². The van der Waals surface area contributed by atoms with Crippen LogP contribution in [0, 0.1) is 11.8 Å². The summed E-state index contributed by atoms with van der Waals surface area (Å²) in [6.07, 6.45) is 9.44. The summed E-state index contributed by atoms with van der Waals surface area (Å²) in [5, 5.41) is 4.12. The van der Waals surface area contributed by atoms with Crippen molar-refractivity contribution >= 4 is 12.1 Å². The van der Waals surface area contributed by atoms with Gasteiger partial charge in [-0.25, -0.2) is 5.43 Å². The lowest BCUT2D eigenvalue weighted by molar-refractivity contribution is -0.122. The number of benzene rings is 1. The molecule has 0 saturated heterocycles. The van der Waals surface area contributed by atoms with Crippen LogP contribution < -0.4 is 14.9 Å². The van der Waals surface area contributed by atoms with E-state index in [0.29, 0.717) is 19.1 Å². The SMILES string of the molecule is C[C@@H](/C=N\NC(=O)CC1CCCCC1)Cc1ccc2c(c1)OCO2. The van der Waals surface area contributed by atoms with E-state index in [0.717, 1.165) is 17.9 Å². The molecule has 0 aromatic heterocycles. The molecule has 1 aromatic rings. The average Bonchev–Trinajstić information content (AvgIpc) is 3.03. The number of ether oxygens (including phenoxy) is 2. The van der Waals surface area contributed by atoms with Crippen molar-refractivity contribution < 1.29 is 14.3 Å². The van der Waals surface area contributed by atoms with Crippen molar-refractivity contribution in [2.24, 2.45) is 16.9 Å². The Morgan fingerprint density at radius 2 is 2.08 bits per heavy atom. The molecule has 0 bridgehead atoms. The number of nitrogens with one attached hydrogen (secondary N) is 1. The average molecular weight is 330 g/mol. The second kappa shape index (κ2) is 8.18. The number of amides is 1. The zero-order valence-electron chi connectivity index (χ0n) is 14.3. The summed E-state index contributed by atoms with van der Waals surface area (Å²) in [6, 6.07) is 5.99. The number of hydrogen-bond donors (Lipinski definition) is 1. The van der Waals surface area contributed by atoms with Gasteiger partial charge in [0.05, 0.1) is 0 Å². The third-order valence-electron chi connectivity index (χ3n) is 4.71. The Hall–Kier alpha value is -2.04. The van der Waals surface area contributed by atoms with Crippen LogP contribution >= 0.6 is 0 Å². The largest absolute Gasteiger partial charge is 0.454 e. The normalized spacial score (nSPS) is 18.7. The van der Waals surface area contributed by atoms with Crippen LogP contribution in [0.1, 0.15) is 51.0 Å². The second-order valence-electron chi connectivity index (χ2n) is 6.89. The molecule has 1 heterocycles. The van der Waals surface area contributed by atoms with Gasteiger partial charge in [-0.3, -0.25) is 4.79 Å². The molecular formula is C19H26N2O3. The second-order valence-corrected chi connectivity index (χ2v) is 6.89. The Bertz CT molecular complexity index is 594. The first kappa shape index (κ1) is 16.8. The minimum atomic E-state index is 0.0356. The molecule has 1 aliphatic heterocycles. The third kappa shape index (κ3) is 4.73. The van der Waals surface area contributed by atoms with Gasteiger partial charge in [0, 0.05) is 12.6 Å². The van der Waals surface area contributed by atoms with E-state index < -0.39 is 0 Å². The van der Waals surface area contributed by atoms with Crippen molar-refractivity contribution in [1.29, 1.82) is 0 Å². The monoisotopic (exact) mass is 330 g/mol. The summed E-state index contributed by atoms with van der Waals surface area (Å²) >= 11 is 0. The van der Waals surface area contributed by atoms with E-state index in [4.69, 9.17) is 9.47 Å². The van der Waals surface area contributed by atoms with Crippen LogP contribution in [0.3, 0.4) is 0 Å². The highest BCUT2D eigenvalue weighted by Crippen LogP contribution is 2.33. The van der Waals surface area contributed by atoms with Gasteiger partial charge in [0.1, 0.15) is 0 Å². The van der Waals surface area contributed by atoms with Crippen LogP contribution in [0.15, 0.2) is 23.3 Å². The van der Waals surface area contributed by atoms with Crippen molar-refractivity contribution in [3.05, 3.63) is 23.8 Å². The minimum Gasteiger partial charge on any atom is -0.454 e. The van der Waals surface area contributed by atoms with Crippen LogP contribution in [0.2, 0.25) is 0 Å². The Labute approximate surface area is 143 Å². The van der Waals surface area contributed by atoms with E-state index in [2.05, 4.69) is 17.5 Å². The van der Waals surface area contributed by atoms with E-state index in [9.17, 15) is 4.79 Å². The first-order chi connectivity index (χ1) is 11.7. The Morgan fingerprint density at radius 1 is 1.29 bits per heavy atom. The van der Waals surface area contributed by atoms with Gasteiger partial charge in [-0.2, -0.15) is 5.10 Å². The standard InChI is InChI=1S/C19H26N2O3/c1-14(9-16-7-8-17-18(10-16)24-13-23-17)12-20-21-19(22)11-15-5-3-2-4-6-15/h7-8,10,12,14-15H,2-6,9,11,13H2,1H3,(H,21,22)/b20-12-/t14-/m1/s1. The lowest BCUT2D eigenvalue weighted by Gasteiger charge is -2.20.